The molecule has 0 aliphatic carbocycles. The van der Waals surface area contributed by atoms with E-state index in [4.69, 9.17) is 0 Å². The summed E-state index contributed by atoms with van der Waals surface area (Å²) in [6.45, 7) is 0. The number of nitrogens with zero attached hydrogens (tertiary/aromatic N) is 6. The maximum atomic E-state index is 4.69. The molecule has 2 N–H and O–H groups in total. The van der Waals surface area contributed by atoms with Gasteiger partial charge in [0.15, 0.2) is 5.82 Å². The second-order valence-electron chi connectivity index (χ2n) is 8.84. The maximum absolute atomic E-state index is 4.69. The van der Waals surface area contributed by atoms with Gasteiger partial charge in [0.2, 0.25) is 0 Å². The minimum Gasteiger partial charge on any atom is -0.355 e. The molecule has 1 unspecified atom stereocenters. The Morgan fingerprint density at radius 1 is 1.03 bits per heavy atom. The Kier molecular flexibility index (Phi) is 4.27. The number of fused-ring (bicyclic) bond motifs is 3. The van der Waals surface area contributed by atoms with Crippen LogP contribution in [-0.2, 0) is 7.05 Å². The van der Waals surface area contributed by atoms with E-state index in [0.717, 1.165) is 39.2 Å². The van der Waals surface area contributed by atoms with Gasteiger partial charge < -0.3 is 15.2 Å². The Labute approximate surface area is 180 Å². The van der Waals surface area contributed by atoms with Crippen LogP contribution in [0.2, 0.25) is 0 Å². The van der Waals surface area contributed by atoms with E-state index in [0.29, 0.717) is 18.1 Å². The number of piperidine rings is 1. The first-order valence-corrected chi connectivity index (χ1v) is 10.9. The Morgan fingerprint density at radius 2 is 1.84 bits per heavy atom. The molecule has 0 radical (unpaired) electrons. The summed E-state index contributed by atoms with van der Waals surface area (Å²) in [4.78, 5) is 9.64. The van der Waals surface area contributed by atoms with E-state index in [1.54, 1.807) is 6.33 Å². The van der Waals surface area contributed by atoms with Gasteiger partial charge in [-0.2, -0.15) is 5.10 Å². The number of benzene rings is 1. The van der Waals surface area contributed by atoms with Gasteiger partial charge in [0.25, 0.3) is 0 Å². The third kappa shape index (κ3) is 3.18. The molecule has 8 nitrogen and oxygen atoms in total. The van der Waals surface area contributed by atoms with Crippen molar-refractivity contribution in [2.24, 2.45) is 7.05 Å². The highest BCUT2D eigenvalue weighted by Gasteiger charge is 2.35. The summed E-state index contributed by atoms with van der Waals surface area (Å²) in [5.41, 5.74) is 4.80. The number of hydrogen-bond donors (Lipinski definition) is 2. The summed E-state index contributed by atoms with van der Waals surface area (Å²) in [5, 5.41) is 18.7. The second kappa shape index (κ2) is 7.16. The van der Waals surface area contributed by atoms with Gasteiger partial charge in [0, 0.05) is 54.9 Å². The lowest BCUT2D eigenvalue weighted by Gasteiger charge is -2.36. The molecular formula is C23H26N8. The minimum absolute atomic E-state index is 0.526. The Balaban J connectivity index is 1.32. The van der Waals surface area contributed by atoms with Crippen molar-refractivity contribution < 1.29 is 0 Å². The van der Waals surface area contributed by atoms with Crippen LogP contribution in [0, 0.1) is 0 Å². The molecule has 3 aromatic heterocycles. The molecule has 2 aliphatic heterocycles. The number of rotatable bonds is 4. The number of nitrogens with one attached hydrogen (secondary N) is 2. The lowest BCUT2D eigenvalue weighted by Crippen LogP contribution is -2.47. The van der Waals surface area contributed by atoms with E-state index in [1.807, 2.05) is 24.1 Å². The fraction of sp³-hybridized carbons (Fsp3) is 0.391. The van der Waals surface area contributed by atoms with Gasteiger partial charge in [-0.15, -0.1) is 10.2 Å². The molecule has 0 saturated carbocycles. The predicted octanol–water partition coefficient (Wildman–Crippen LogP) is 3.14. The minimum atomic E-state index is 0.526. The molecule has 0 spiro atoms. The van der Waals surface area contributed by atoms with Crippen molar-refractivity contribution in [2.45, 2.75) is 43.8 Å². The molecule has 158 valence electrons. The highest BCUT2D eigenvalue weighted by Crippen LogP contribution is 2.34. The van der Waals surface area contributed by atoms with Crippen LogP contribution < -0.4 is 10.2 Å². The molecule has 2 saturated heterocycles. The summed E-state index contributed by atoms with van der Waals surface area (Å²) in [5.74, 6) is 0.937. The monoisotopic (exact) mass is 414 g/mol. The Morgan fingerprint density at radius 3 is 2.55 bits per heavy atom. The van der Waals surface area contributed by atoms with Gasteiger partial charge in [0.1, 0.15) is 5.52 Å². The van der Waals surface area contributed by atoms with E-state index in [9.17, 15) is 0 Å². The Hall–Kier alpha value is -3.26. The van der Waals surface area contributed by atoms with Gasteiger partial charge in [-0.25, -0.2) is 4.98 Å². The molecule has 2 aliphatic rings. The molecule has 2 fully saturated rings. The molecule has 2 bridgehead atoms. The van der Waals surface area contributed by atoms with Crippen LogP contribution in [0.5, 0.6) is 0 Å². The highest BCUT2D eigenvalue weighted by molar-refractivity contribution is 6.01. The van der Waals surface area contributed by atoms with Gasteiger partial charge in [-0.05, 0) is 43.9 Å². The van der Waals surface area contributed by atoms with Crippen LogP contribution in [0.4, 0.5) is 5.82 Å². The second-order valence-corrected chi connectivity index (χ2v) is 8.84. The van der Waals surface area contributed by atoms with Crippen LogP contribution in [0.1, 0.15) is 25.7 Å². The number of aromatic nitrogens is 6. The summed E-state index contributed by atoms with van der Waals surface area (Å²) in [6, 6.07) is 10.2. The van der Waals surface area contributed by atoms with E-state index in [1.165, 1.54) is 25.7 Å². The van der Waals surface area contributed by atoms with Crippen molar-refractivity contribution in [3.05, 3.63) is 43.0 Å². The molecule has 1 aromatic carbocycles. The highest BCUT2D eigenvalue weighted by atomic mass is 15.3. The van der Waals surface area contributed by atoms with Crippen molar-refractivity contribution in [3.8, 4) is 22.5 Å². The smallest absolute Gasteiger partial charge is 0.151 e. The topological polar surface area (TPSA) is 87.6 Å². The number of H-pyrrole nitrogens is 1. The quantitative estimate of drug-likeness (QED) is 0.533. The average Bonchev–Trinajstić information content (AvgIpc) is 3.52. The number of aryl methyl sites for hydroxylation is 1. The zero-order valence-electron chi connectivity index (χ0n) is 17.8. The van der Waals surface area contributed by atoms with E-state index < -0.39 is 0 Å². The lowest BCUT2D eigenvalue weighted by atomic mass is 9.98. The number of imidazole rings is 1. The molecule has 6 rings (SSSR count). The van der Waals surface area contributed by atoms with Crippen molar-refractivity contribution in [1.82, 2.24) is 35.3 Å². The zero-order valence-corrected chi connectivity index (χ0v) is 17.8. The predicted molar refractivity (Wildman–Crippen MR) is 121 cm³/mol. The van der Waals surface area contributed by atoms with Gasteiger partial charge in [-0.1, -0.05) is 6.07 Å². The third-order valence-electron chi connectivity index (χ3n) is 6.86. The normalized spacial score (nSPS) is 22.8. The number of hydrogen-bond acceptors (Lipinski definition) is 6. The van der Waals surface area contributed by atoms with Crippen molar-refractivity contribution in [1.29, 1.82) is 0 Å². The molecule has 5 heterocycles. The first-order chi connectivity index (χ1) is 15.2. The van der Waals surface area contributed by atoms with Crippen LogP contribution in [0.3, 0.4) is 0 Å². The molecule has 0 amide bonds. The molecule has 4 aromatic rings. The fourth-order valence-electron chi connectivity index (χ4n) is 5.25. The van der Waals surface area contributed by atoms with Crippen LogP contribution in [-0.4, -0.2) is 55.1 Å². The summed E-state index contributed by atoms with van der Waals surface area (Å²) in [7, 11) is 4.09. The lowest BCUT2D eigenvalue weighted by molar-refractivity contribution is 0.353. The molecule has 3 atom stereocenters. The van der Waals surface area contributed by atoms with Crippen LogP contribution in [0.15, 0.2) is 43.0 Å². The van der Waals surface area contributed by atoms with E-state index >= 15 is 0 Å². The first-order valence-electron chi connectivity index (χ1n) is 10.9. The maximum Gasteiger partial charge on any atom is 0.151 e. The largest absolute Gasteiger partial charge is 0.355 e. The van der Waals surface area contributed by atoms with E-state index in [2.05, 4.69) is 66.8 Å². The van der Waals surface area contributed by atoms with Crippen LogP contribution in [0.25, 0.3) is 33.4 Å². The van der Waals surface area contributed by atoms with E-state index in [-0.39, 0.29) is 0 Å². The molecule has 8 heteroatoms. The summed E-state index contributed by atoms with van der Waals surface area (Å²) in [6.07, 6.45) is 10.5. The Bertz CT molecular complexity index is 1200. The van der Waals surface area contributed by atoms with Crippen molar-refractivity contribution in [2.75, 3.05) is 11.9 Å². The first kappa shape index (κ1) is 18.5. The summed E-state index contributed by atoms with van der Waals surface area (Å²) < 4.78 is 1.84. The third-order valence-corrected chi connectivity index (χ3v) is 6.86. The number of aromatic amines is 1. The van der Waals surface area contributed by atoms with Gasteiger partial charge >= 0.3 is 0 Å². The zero-order chi connectivity index (χ0) is 20.9. The SMILES string of the molecule is CN(c1ccc(-c2ccc(-c3cnc[nH]3)c3nn(C)cc23)nn1)C1C[C@H]2CC[C@@H](C1)N2. The van der Waals surface area contributed by atoms with Crippen molar-refractivity contribution in [3.63, 3.8) is 0 Å². The number of anilines is 1. The fourth-order valence-corrected chi connectivity index (χ4v) is 5.25. The molecule has 31 heavy (non-hydrogen) atoms. The van der Waals surface area contributed by atoms with Crippen LogP contribution >= 0.6 is 0 Å². The molecular weight excluding hydrogens is 388 g/mol. The van der Waals surface area contributed by atoms with Crippen molar-refractivity contribution >= 4 is 16.7 Å². The summed E-state index contributed by atoms with van der Waals surface area (Å²) >= 11 is 0. The standard InChI is InChI=1S/C23H26N8/c1-30-12-19-17(5-6-18(23(19)29-30)21-11-24-13-25-21)20-7-8-22(28-27-20)31(2)16-9-14-3-4-15(10-16)26-14/h5-8,11-16,26H,3-4,9-10H2,1-2H3,(H,24,25)/t14-,15+,16?. The van der Waals surface area contributed by atoms with Gasteiger partial charge in [0.05, 0.1) is 23.9 Å². The van der Waals surface area contributed by atoms with Gasteiger partial charge in [-0.3, -0.25) is 4.68 Å². The average molecular weight is 415 g/mol.